The van der Waals surface area contributed by atoms with E-state index >= 15 is 0 Å². The van der Waals surface area contributed by atoms with Crippen molar-refractivity contribution < 1.29 is 4.79 Å². The highest BCUT2D eigenvalue weighted by Crippen LogP contribution is 2.23. The molecule has 1 heterocycles. The van der Waals surface area contributed by atoms with Gasteiger partial charge in [0.05, 0.1) is 0 Å². The summed E-state index contributed by atoms with van der Waals surface area (Å²) in [6.07, 6.45) is 4.59. The van der Waals surface area contributed by atoms with Crippen molar-refractivity contribution in [2.75, 3.05) is 11.9 Å². The molecule has 4 heteroatoms. The Morgan fingerprint density at radius 2 is 2.21 bits per heavy atom. The zero-order valence-electron chi connectivity index (χ0n) is 11.2. The number of likely N-dealkylation sites (tertiary alicyclic amines) is 1. The molecule has 0 radical (unpaired) electrons. The second kappa shape index (κ2) is 6.76. The minimum absolute atomic E-state index is 0.117. The predicted molar refractivity (Wildman–Crippen MR) is 83.3 cm³/mol. The lowest BCUT2D eigenvalue weighted by Gasteiger charge is -2.29. The fourth-order valence-electron chi connectivity index (χ4n) is 2.58. The SMILES string of the molecule is Cc1ccc(Cl)cc1C(=O)N1CCCCCC1CBr. The van der Waals surface area contributed by atoms with Crippen molar-refractivity contribution in [1.29, 1.82) is 0 Å². The van der Waals surface area contributed by atoms with E-state index in [9.17, 15) is 4.79 Å². The zero-order chi connectivity index (χ0) is 13.8. The van der Waals surface area contributed by atoms with E-state index in [0.717, 1.165) is 35.8 Å². The van der Waals surface area contributed by atoms with Crippen molar-refractivity contribution in [3.05, 3.63) is 34.3 Å². The standard InChI is InChI=1S/C15H19BrClNO/c1-11-6-7-12(17)9-14(11)15(19)18-8-4-2-3-5-13(18)10-16/h6-7,9,13H,2-5,8,10H2,1H3. The van der Waals surface area contributed by atoms with Crippen LogP contribution in [-0.4, -0.2) is 28.7 Å². The van der Waals surface area contributed by atoms with Gasteiger partial charge >= 0.3 is 0 Å². The molecule has 1 saturated heterocycles. The monoisotopic (exact) mass is 343 g/mol. The number of rotatable bonds is 2. The number of nitrogens with zero attached hydrogens (tertiary/aromatic N) is 1. The first-order valence-corrected chi connectivity index (χ1v) is 8.26. The van der Waals surface area contributed by atoms with Crippen LogP contribution in [0.25, 0.3) is 0 Å². The Morgan fingerprint density at radius 1 is 1.42 bits per heavy atom. The van der Waals surface area contributed by atoms with Gasteiger partial charge in [0.25, 0.3) is 5.91 Å². The number of halogens is 2. The van der Waals surface area contributed by atoms with Crippen LogP contribution in [0.1, 0.15) is 41.6 Å². The molecule has 1 aliphatic heterocycles. The molecule has 1 unspecified atom stereocenters. The molecule has 0 saturated carbocycles. The third-order valence-electron chi connectivity index (χ3n) is 3.75. The van der Waals surface area contributed by atoms with Gasteiger partial charge in [0.1, 0.15) is 0 Å². The maximum Gasteiger partial charge on any atom is 0.254 e. The van der Waals surface area contributed by atoms with Gasteiger partial charge in [0.15, 0.2) is 0 Å². The quantitative estimate of drug-likeness (QED) is 0.727. The number of amides is 1. The summed E-state index contributed by atoms with van der Waals surface area (Å²) in [4.78, 5) is 14.8. The van der Waals surface area contributed by atoms with Crippen LogP contribution in [-0.2, 0) is 0 Å². The van der Waals surface area contributed by atoms with Crippen LogP contribution < -0.4 is 0 Å². The van der Waals surface area contributed by atoms with E-state index in [1.165, 1.54) is 12.8 Å². The number of hydrogen-bond acceptors (Lipinski definition) is 1. The number of carbonyl (C=O) groups excluding carboxylic acids is 1. The summed E-state index contributed by atoms with van der Waals surface area (Å²) >= 11 is 9.56. The Kier molecular flexibility index (Phi) is 5.28. The van der Waals surface area contributed by atoms with Crippen LogP contribution >= 0.6 is 27.5 Å². The molecule has 0 aliphatic carbocycles. The first-order valence-electron chi connectivity index (χ1n) is 6.76. The molecule has 2 nitrogen and oxygen atoms in total. The maximum absolute atomic E-state index is 12.7. The Hall–Kier alpha value is -0.540. The van der Waals surface area contributed by atoms with Crippen LogP contribution in [0.15, 0.2) is 18.2 Å². The second-order valence-corrected chi connectivity index (χ2v) is 6.20. The Labute approximate surface area is 128 Å². The Morgan fingerprint density at radius 3 is 2.95 bits per heavy atom. The first kappa shape index (κ1) is 14.9. The van der Waals surface area contributed by atoms with E-state index in [2.05, 4.69) is 15.9 Å². The fourth-order valence-corrected chi connectivity index (χ4v) is 3.43. The third kappa shape index (κ3) is 3.51. The smallest absolute Gasteiger partial charge is 0.254 e. The largest absolute Gasteiger partial charge is 0.335 e. The van der Waals surface area contributed by atoms with E-state index in [1.807, 2.05) is 24.0 Å². The van der Waals surface area contributed by atoms with Gasteiger partial charge in [-0.2, -0.15) is 0 Å². The summed E-state index contributed by atoms with van der Waals surface area (Å²) in [6.45, 7) is 2.81. The average molecular weight is 345 g/mol. The fraction of sp³-hybridized carbons (Fsp3) is 0.533. The number of alkyl halides is 1. The van der Waals surface area contributed by atoms with Gasteiger partial charge in [0.2, 0.25) is 0 Å². The maximum atomic E-state index is 12.7. The van der Waals surface area contributed by atoms with E-state index in [0.29, 0.717) is 11.1 Å². The van der Waals surface area contributed by atoms with Crippen molar-refractivity contribution in [1.82, 2.24) is 4.90 Å². The molecule has 1 amide bonds. The first-order chi connectivity index (χ1) is 9.13. The molecular weight excluding hydrogens is 326 g/mol. The van der Waals surface area contributed by atoms with Crippen LogP contribution in [0.5, 0.6) is 0 Å². The lowest BCUT2D eigenvalue weighted by atomic mass is 10.1. The van der Waals surface area contributed by atoms with Gasteiger partial charge in [0, 0.05) is 28.5 Å². The van der Waals surface area contributed by atoms with Crippen molar-refractivity contribution in [3.63, 3.8) is 0 Å². The van der Waals surface area contributed by atoms with Crippen LogP contribution in [0.4, 0.5) is 0 Å². The summed E-state index contributed by atoms with van der Waals surface area (Å²) in [5.41, 5.74) is 1.73. The summed E-state index contributed by atoms with van der Waals surface area (Å²) in [5, 5.41) is 1.47. The molecule has 1 aliphatic rings. The minimum atomic E-state index is 0.117. The molecule has 0 N–H and O–H groups in total. The lowest BCUT2D eigenvalue weighted by molar-refractivity contribution is 0.0701. The van der Waals surface area contributed by atoms with Crippen LogP contribution in [0.2, 0.25) is 5.02 Å². The van der Waals surface area contributed by atoms with Crippen LogP contribution in [0.3, 0.4) is 0 Å². The number of benzene rings is 1. The van der Waals surface area contributed by atoms with Crippen LogP contribution in [0, 0.1) is 6.92 Å². The number of hydrogen-bond donors (Lipinski definition) is 0. The predicted octanol–water partition coefficient (Wildman–Crippen LogP) is 4.43. The number of aryl methyl sites for hydroxylation is 1. The van der Waals surface area contributed by atoms with Gasteiger partial charge in [-0.25, -0.2) is 0 Å². The summed E-state index contributed by atoms with van der Waals surface area (Å²) in [5.74, 6) is 0.117. The third-order valence-corrected chi connectivity index (χ3v) is 4.73. The molecular formula is C15H19BrClNO. The molecule has 0 aromatic heterocycles. The van der Waals surface area contributed by atoms with Crippen molar-refractivity contribution in [2.24, 2.45) is 0 Å². The molecule has 1 aromatic rings. The molecule has 1 fully saturated rings. The molecule has 1 atom stereocenters. The summed E-state index contributed by atoms with van der Waals surface area (Å²) in [7, 11) is 0. The van der Waals surface area contributed by atoms with Gasteiger partial charge in [-0.3, -0.25) is 4.79 Å². The van der Waals surface area contributed by atoms with Gasteiger partial charge in [-0.1, -0.05) is 46.4 Å². The van der Waals surface area contributed by atoms with E-state index in [-0.39, 0.29) is 5.91 Å². The Bertz CT molecular complexity index is 463. The second-order valence-electron chi connectivity index (χ2n) is 5.12. The van der Waals surface area contributed by atoms with Gasteiger partial charge < -0.3 is 4.90 Å². The molecule has 0 spiro atoms. The number of carbonyl (C=O) groups is 1. The molecule has 19 heavy (non-hydrogen) atoms. The topological polar surface area (TPSA) is 20.3 Å². The van der Waals surface area contributed by atoms with Gasteiger partial charge in [-0.05, 0) is 37.5 Å². The van der Waals surface area contributed by atoms with Gasteiger partial charge in [-0.15, -0.1) is 0 Å². The Balaban J connectivity index is 2.27. The van der Waals surface area contributed by atoms with Crippen molar-refractivity contribution >= 4 is 33.4 Å². The molecule has 104 valence electrons. The van der Waals surface area contributed by atoms with Crippen molar-refractivity contribution in [3.8, 4) is 0 Å². The van der Waals surface area contributed by atoms with Crippen molar-refractivity contribution in [2.45, 2.75) is 38.6 Å². The molecule has 2 rings (SSSR count). The van der Waals surface area contributed by atoms with E-state index in [4.69, 9.17) is 11.6 Å². The van der Waals surface area contributed by atoms with E-state index < -0.39 is 0 Å². The summed E-state index contributed by atoms with van der Waals surface area (Å²) < 4.78 is 0. The highest BCUT2D eigenvalue weighted by Gasteiger charge is 2.26. The highest BCUT2D eigenvalue weighted by atomic mass is 79.9. The normalized spacial score (nSPS) is 20.2. The highest BCUT2D eigenvalue weighted by molar-refractivity contribution is 9.09. The lowest BCUT2D eigenvalue weighted by Crippen LogP contribution is -2.41. The minimum Gasteiger partial charge on any atom is -0.335 e. The zero-order valence-corrected chi connectivity index (χ0v) is 13.5. The summed E-state index contributed by atoms with van der Waals surface area (Å²) in [6, 6.07) is 5.83. The average Bonchev–Trinajstić information content (AvgIpc) is 2.65. The molecule has 1 aromatic carbocycles. The molecule has 0 bridgehead atoms. The van der Waals surface area contributed by atoms with E-state index in [1.54, 1.807) is 6.07 Å².